The monoisotopic (exact) mass is 327 g/mol. The molecule has 0 bridgehead atoms. The molecule has 0 saturated carbocycles. The molecule has 23 heavy (non-hydrogen) atoms. The highest BCUT2D eigenvalue weighted by molar-refractivity contribution is 7.11. The number of aromatic nitrogens is 4. The van der Waals surface area contributed by atoms with Crippen molar-refractivity contribution >= 4 is 28.3 Å². The summed E-state index contributed by atoms with van der Waals surface area (Å²) in [6, 6.07) is 4.09. The third-order valence-electron chi connectivity index (χ3n) is 4.39. The van der Waals surface area contributed by atoms with Crippen LogP contribution in [0.2, 0.25) is 0 Å². The quantitative estimate of drug-likeness (QED) is 0.785. The molecule has 1 aliphatic heterocycles. The van der Waals surface area contributed by atoms with E-state index in [0.29, 0.717) is 6.54 Å². The topological polar surface area (TPSA) is 74.8 Å². The number of hydrogen-bond donors (Lipinski definition) is 1. The summed E-state index contributed by atoms with van der Waals surface area (Å²) >= 11 is 1.42. The fourth-order valence-electron chi connectivity index (χ4n) is 3.12. The second-order valence-electron chi connectivity index (χ2n) is 5.90. The van der Waals surface area contributed by atoms with Gasteiger partial charge in [0.2, 0.25) is 0 Å². The Bertz CT molecular complexity index is 855. The lowest BCUT2D eigenvalue weighted by molar-refractivity contribution is 0.0710. The molecule has 0 radical (unpaired) electrons. The normalized spacial score (nSPS) is 18.5. The molecule has 0 unspecified atom stereocenters. The first-order valence-corrected chi connectivity index (χ1v) is 8.60. The Kier molecular flexibility index (Phi) is 3.57. The van der Waals surface area contributed by atoms with E-state index < -0.39 is 0 Å². The zero-order chi connectivity index (χ0) is 15.8. The molecule has 3 aromatic rings. The third-order valence-corrected chi connectivity index (χ3v) is 5.31. The molecule has 118 valence electrons. The van der Waals surface area contributed by atoms with Crippen molar-refractivity contribution in [3.05, 3.63) is 40.1 Å². The molecule has 1 fully saturated rings. The number of carbonyl (C=O) groups excluding carboxylic acids is 1. The zero-order valence-electron chi connectivity index (χ0n) is 12.8. The molecule has 7 heteroatoms. The molecular weight excluding hydrogens is 310 g/mol. The lowest BCUT2D eigenvalue weighted by Crippen LogP contribution is -2.39. The number of nitrogens with one attached hydrogen (secondary N) is 1. The summed E-state index contributed by atoms with van der Waals surface area (Å²) in [5.74, 6) is 0.367. The van der Waals surface area contributed by atoms with Crippen LogP contribution in [0.25, 0.3) is 11.0 Å². The Morgan fingerprint density at radius 1 is 1.43 bits per heavy atom. The first kappa shape index (κ1) is 14.3. The molecule has 3 aromatic heterocycles. The summed E-state index contributed by atoms with van der Waals surface area (Å²) in [5.41, 5.74) is 4.39. The minimum Gasteiger partial charge on any atom is -0.337 e. The van der Waals surface area contributed by atoms with Gasteiger partial charge in [0.1, 0.15) is 4.88 Å². The van der Waals surface area contributed by atoms with E-state index in [4.69, 9.17) is 0 Å². The largest absolute Gasteiger partial charge is 0.337 e. The standard InChI is InChI=1S/C16H17N5OS/c1-10-14(23-9-17-10)16(22)21-6-2-3-12(8-21)13-5-4-11-7-18-20-15(11)19-13/h4-5,7,9,12H,2-3,6,8H2,1H3,(H,18,19,20)/t12-/m1/s1. The second-order valence-corrected chi connectivity index (χ2v) is 6.76. The first-order chi connectivity index (χ1) is 11.2. The molecule has 1 saturated heterocycles. The van der Waals surface area contributed by atoms with Crippen LogP contribution in [0.5, 0.6) is 0 Å². The highest BCUT2D eigenvalue weighted by atomic mass is 32.1. The molecule has 1 atom stereocenters. The highest BCUT2D eigenvalue weighted by Crippen LogP contribution is 2.28. The van der Waals surface area contributed by atoms with Crippen molar-refractivity contribution in [2.45, 2.75) is 25.7 Å². The van der Waals surface area contributed by atoms with Crippen molar-refractivity contribution in [2.24, 2.45) is 0 Å². The molecule has 4 rings (SSSR count). The number of amides is 1. The van der Waals surface area contributed by atoms with Crippen molar-refractivity contribution < 1.29 is 4.79 Å². The van der Waals surface area contributed by atoms with Gasteiger partial charge in [-0.1, -0.05) is 0 Å². The lowest BCUT2D eigenvalue weighted by Gasteiger charge is -2.32. The summed E-state index contributed by atoms with van der Waals surface area (Å²) in [4.78, 5) is 24.2. The summed E-state index contributed by atoms with van der Waals surface area (Å²) in [5, 5.41) is 7.94. The van der Waals surface area contributed by atoms with Crippen LogP contribution in [0.15, 0.2) is 23.8 Å². The second kappa shape index (κ2) is 5.73. The Morgan fingerprint density at radius 3 is 3.17 bits per heavy atom. The summed E-state index contributed by atoms with van der Waals surface area (Å²) < 4.78 is 0. The number of likely N-dealkylation sites (tertiary alicyclic amines) is 1. The van der Waals surface area contributed by atoms with E-state index >= 15 is 0 Å². The minimum atomic E-state index is 0.0947. The molecule has 1 amide bonds. The van der Waals surface area contributed by atoms with Crippen LogP contribution in [-0.4, -0.2) is 44.1 Å². The maximum atomic E-state index is 12.7. The van der Waals surface area contributed by atoms with E-state index in [9.17, 15) is 4.79 Å². The number of thiazole rings is 1. The van der Waals surface area contributed by atoms with Crippen molar-refractivity contribution in [3.63, 3.8) is 0 Å². The fraction of sp³-hybridized carbons (Fsp3) is 0.375. The van der Waals surface area contributed by atoms with E-state index in [0.717, 1.165) is 46.7 Å². The molecule has 4 heterocycles. The average Bonchev–Trinajstić information content (AvgIpc) is 3.22. The van der Waals surface area contributed by atoms with Gasteiger partial charge in [-0.3, -0.25) is 9.89 Å². The van der Waals surface area contributed by atoms with Crippen LogP contribution >= 0.6 is 11.3 Å². The van der Waals surface area contributed by atoms with Gasteiger partial charge in [-0.2, -0.15) is 5.10 Å². The van der Waals surface area contributed by atoms with E-state index in [-0.39, 0.29) is 11.8 Å². The first-order valence-electron chi connectivity index (χ1n) is 7.72. The summed E-state index contributed by atoms with van der Waals surface area (Å²) in [6.07, 6.45) is 3.82. The SMILES string of the molecule is Cc1ncsc1C(=O)N1CCC[C@@H](c2ccc3cn[nH]c3n2)C1. The molecular formula is C16H17N5OS. The van der Waals surface area contributed by atoms with Crippen molar-refractivity contribution in [1.82, 2.24) is 25.1 Å². The lowest BCUT2D eigenvalue weighted by atomic mass is 9.94. The van der Waals surface area contributed by atoms with Gasteiger partial charge >= 0.3 is 0 Å². The minimum absolute atomic E-state index is 0.0947. The Labute approximate surface area is 137 Å². The van der Waals surface area contributed by atoms with Crippen molar-refractivity contribution in [3.8, 4) is 0 Å². The predicted octanol–water partition coefficient (Wildman–Crippen LogP) is 2.74. The predicted molar refractivity (Wildman–Crippen MR) is 88.6 cm³/mol. The van der Waals surface area contributed by atoms with E-state index in [2.05, 4.69) is 26.2 Å². The van der Waals surface area contributed by atoms with Gasteiger partial charge in [-0.25, -0.2) is 9.97 Å². The number of pyridine rings is 1. The molecule has 0 aromatic carbocycles. The maximum Gasteiger partial charge on any atom is 0.265 e. The smallest absolute Gasteiger partial charge is 0.265 e. The van der Waals surface area contributed by atoms with Crippen molar-refractivity contribution in [1.29, 1.82) is 0 Å². The number of rotatable bonds is 2. The van der Waals surface area contributed by atoms with Gasteiger partial charge in [-0.05, 0) is 31.9 Å². The van der Waals surface area contributed by atoms with Gasteiger partial charge in [-0.15, -0.1) is 11.3 Å². The van der Waals surface area contributed by atoms with Crippen LogP contribution in [-0.2, 0) is 0 Å². The molecule has 6 nitrogen and oxygen atoms in total. The Hall–Kier alpha value is -2.28. The number of H-pyrrole nitrogens is 1. The van der Waals surface area contributed by atoms with Gasteiger partial charge < -0.3 is 4.90 Å². The Morgan fingerprint density at radius 2 is 2.35 bits per heavy atom. The number of fused-ring (bicyclic) bond motifs is 1. The molecule has 0 spiro atoms. The van der Waals surface area contributed by atoms with Crippen LogP contribution in [0, 0.1) is 6.92 Å². The van der Waals surface area contributed by atoms with E-state index in [1.807, 2.05) is 17.9 Å². The van der Waals surface area contributed by atoms with Gasteiger partial charge in [0.25, 0.3) is 5.91 Å². The number of nitrogens with zero attached hydrogens (tertiary/aromatic N) is 4. The van der Waals surface area contributed by atoms with Crippen LogP contribution in [0.3, 0.4) is 0 Å². The van der Waals surface area contributed by atoms with Gasteiger partial charge in [0.15, 0.2) is 5.65 Å². The van der Waals surface area contributed by atoms with Gasteiger partial charge in [0.05, 0.1) is 17.4 Å². The average molecular weight is 327 g/mol. The number of aryl methyl sites for hydroxylation is 1. The third kappa shape index (κ3) is 2.61. The Balaban J connectivity index is 1.56. The number of aromatic amines is 1. The zero-order valence-corrected chi connectivity index (χ0v) is 13.6. The summed E-state index contributed by atoms with van der Waals surface area (Å²) in [6.45, 7) is 3.40. The van der Waals surface area contributed by atoms with E-state index in [1.165, 1.54) is 11.3 Å². The van der Waals surface area contributed by atoms with Gasteiger partial charge in [0, 0.05) is 30.1 Å². The molecule has 1 aliphatic rings. The fourth-order valence-corrected chi connectivity index (χ4v) is 3.89. The summed E-state index contributed by atoms with van der Waals surface area (Å²) in [7, 11) is 0. The van der Waals surface area contributed by atoms with E-state index in [1.54, 1.807) is 11.7 Å². The van der Waals surface area contributed by atoms with Crippen LogP contribution in [0.4, 0.5) is 0 Å². The molecule has 1 N–H and O–H groups in total. The van der Waals surface area contributed by atoms with Crippen LogP contribution < -0.4 is 0 Å². The maximum absolute atomic E-state index is 12.7. The van der Waals surface area contributed by atoms with Crippen molar-refractivity contribution in [2.75, 3.05) is 13.1 Å². The van der Waals surface area contributed by atoms with Crippen LogP contribution in [0.1, 0.15) is 39.8 Å². The number of carbonyl (C=O) groups is 1. The highest BCUT2D eigenvalue weighted by Gasteiger charge is 2.28. The number of piperidine rings is 1. The number of hydrogen-bond acceptors (Lipinski definition) is 5. The molecule has 0 aliphatic carbocycles.